The second-order valence-corrected chi connectivity index (χ2v) is 4.92. The summed E-state index contributed by atoms with van der Waals surface area (Å²) in [6.45, 7) is 2.55. The highest BCUT2D eigenvalue weighted by molar-refractivity contribution is 7.99. The van der Waals surface area contributed by atoms with Gasteiger partial charge in [-0.05, 0) is 36.2 Å². The van der Waals surface area contributed by atoms with Gasteiger partial charge in [0.25, 0.3) is 0 Å². The minimum absolute atomic E-state index is 0.181. The van der Waals surface area contributed by atoms with E-state index in [1.54, 1.807) is 12.1 Å². The van der Waals surface area contributed by atoms with Gasteiger partial charge in [0.05, 0.1) is 0 Å². The van der Waals surface area contributed by atoms with Crippen molar-refractivity contribution in [2.45, 2.75) is 23.3 Å². The summed E-state index contributed by atoms with van der Waals surface area (Å²) in [5.41, 5.74) is 7.80. The molecule has 0 unspecified atom stereocenters. The normalized spacial score (nSPS) is 10.5. The Labute approximate surface area is 105 Å². The minimum Gasteiger partial charge on any atom is -0.326 e. The van der Waals surface area contributed by atoms with E-state index >= 15 is 0 Å². The van der Waals surface area contributed by atoms with Gasteiger partial charge in [0, 0.05) is 16.3 Å². The predicted molar refractivity (Wildman–Crippen MR) is 69.6 cm³/mol. The third-order valence-corrected chi connectivity index (χ3v) is 3.76. The van der Waals surface area contributed by atoms with E-state index in [1.165, 1.54) is 17.8 Å². The molecule has 0 bridgehead atoms. The fraction of sp³-hybridized carbons (Fsp3) is 0.143. The van der Waals surface area contributed by atoms with E-state index in [1.807, 2.05) is 31.2 Å². The summed E-state index contributed by atoms with van der Waals surface area (Å²) in [4.78, 5) is 1.71. The number of nitrogens with two attached hydrogens (primary N) is 1. The van der Waals surface area contributed by atoms with E-state index in [9.17, 15) is 4.39 Å². The zero-order chi connectivity index (χ0) is 12.3. The Morgan fingerprint density at radius 1 is 1.12 bits per heavy atom. The number of hydrogen-bond donors (Lipinski definition) is 1. The maximum absolute atomic E-state index is 13.5. The lowest BCUT2D eigenvalue weighted by Gasteiger charge is -2.08. The standard InChI is InChI=1S/C14H14FNS/c1-10-8-11(9-16)6-7-13(10)17-14-5-3-2-4-12(14)15/h2-8H,9,16H2,1H3. The van der Waals surface area contributed by atoms with Crippen LogP contribution < -0.4 is 5.73 Å². The molecule has 2 N–H and O–H groups in total. The molecule has 17 heavy (non-hydrogen) atoms. The van der Waals surface area contributed by atoms with Gasteiger partial charge in [-0.3, -0.25) is 0 Å². The van der Waals surface area contributed by atoms with Crippen LogP contribution in [0.5, 0.6) is 0 Å². The fourth-order valence-corrected chi connectivity index (χ4v) is 2.50. The molecule has 0 amide bonds. The predicted octanol–water partition coefficient (Wildman–Crippen LogP) is 3.74. The largest absolute Gasteiger partial charge is 0.326 e. The molecule has 0 saturated carbocycles. The monoisotopic (exact) mass is 247 g/mol. The molecular weight excluding hydrogens is 233 g/mol. The van der Waals surface area contributed by atoms with E-state index in [2.05, 4.69) is 0 Å². The van der Waals surface area contributed by atoms with E-state index in [-0.39, 0.29) is 5.82 Å². The van der Waals surface area contributed by atoms with E-state index in [0.717, 1.165) is 16.0 Å². The molecule has 0 aliphatic heterocycles. The van der Waals surface area contributed by atoms with Crippen molar-refractivity contribution in [3.8, 4) is 0 Å². The van der Waals surface area contributed by atoms with Gasteiger partial charge in [-0.1, -0.05) is 36.0 Å². The van der Waals surface area contributed by atoms with Gasteiger partial charge in [0.2, 0.25) is 0 Å². The van der Waals surface area contributed by atoms with Crippen molar-refractivity contribution in [2.24, 2.45) is 5.73 Å². The van der Waals surface area contributed by atoms with Gasteiger partial charge >= 0.3 is 0 Å². The quantitative estimate of drug-likeness (QED) is 0.894. The molecule has 0 aliphatic carbocycles. The van der Waals surface area contributed by atoms with Crippen LogP contribution in [0.15, 0.2) is 52.3 Å². The molecule has 2 aromatic rings. The summed E-state index contributed by atoms with van der Waals surface area (Å²) in [5.74, 6) is -0.181. The number of rotatable bonds is 3. The zero-order valence-corrected chi connectivity index (χ0v) is 10.4. The van der Waals surface area contributed by atoms with Crippen molar-refractivity contribution >= 4 is 11.8 Å². The number of hydrogen-bond acceptors (Lipinski definition) is 2. The average Bonchev–Trinajstić information content (AvgIpc) is 2.34. The highest BCUT2D eigenvalue weighted by atomic mass is 32.2. The van der Waals surface area contributed by atoms with Crippen molar-refractivity contribution in [2.75, 3.05) is 0 Å². The van der Waals surface area contributed by atoms with Crippen LogP contribution in [-0.2, 0) is 6.54 Å². The second kappa shape index (κ2) is 5.34. The number of aryl methyl sites for hydroxylation is 1. The van der Waals surface area contributed by atoms with Gasteiger partial charge in [-0.15, -0.1) is 0 Å². The first-order chi connectivity index (χ1) is 8.20. The van der Waals surface area contributed by atoms with Crippen molar-refractivity contribution in [1.82, 2.24) is 0 Å². The SMILES string of the molecule is Cc1cc(CN)ccc1Sc1ccccc1F. The van der Waals surface area contributed by atoms with E-state index in [0.29, 0.717) is 11.4 Å². The summed E-state index contributed by atoms with van der Waals surface area (Å²) in [5, 5.41) is 0. The molecule has 3 heteroatoms. The zero-order valence-electron chi connectivity index (χ0n) is 9.61. The first-order valence-corrected chi connectivity index (χ1v) is 6.24. The van der Waals surface area contributed by atoms with Crippen LogP contribution in [0, 0.1) is 12.7 Å². The third kappa shape index (κ3) is 2.87. The first kappa shape index (κ1) is 12.1. The lowest BCUT2D eigenvalue weighted by atomic mass is 10.1. The van der Waals surface area contributed by atoms with Gasteiger partial charge in [-0.25, -0.2) is 4.39 Å². The van der Waals surface area contributed by atoms with Gasteiger partial charge < -0.3 is 5.73 Å². The minimum atomic E-state index is -0.181. The summed E-state index contributed by atoms with van der Waals surface area (Å²) in [6.07, 6.45) is 0. The highest BCUT2D eigenvalue weighted by Crippen LogP contribution is 2.32. The first-order valence-electron chi connectivity index (χ1n) is 5.42. The molecule has 0 heterocycles. The Bertz CT molecular complexity index is 525. The Hall–Kier alpha value is -1.32. The van der Waals surface area contributed by atoms with Crippen molar-refractivity contribution in [3.05, 3.63) is 59.4 Å². The topological polar surface area (TPSA) is 26.0 Å². The van der Waals surface area contributed by atoms with Gasteiger partial charge in [0.1, 0.15) is 5.82 Å². The molecule has 0 fully saturated rings. The van der Waals surface area contributed by atoms with Crippen molar-refractivity contribution in [1.29, 1.82) is 0 Å². The summed E-state index contributed by atoms with van der Waals surface area (Å²) < 4.78 is 13.5. The molecule has 0 radical (unpaired) electrons. The van der Waals surface area contributed by atoms with Crippen molar-refractivity contribution in [3.63, 3.8) is 0 Å². The van der Waals surface area contributed by atoms with Gasteiger partial charge in [0.15, 0.2) is 0 Å². The van der Waals surface area contributed by atoms with Crippen LogP contribution in [0.4, 0.5) is 4.39 Å². The molecule has 1 nitrogen and oxygen atoms in total. The molecule has 0 saturated heterocycles. The summed E-state index contributed by atoms with van der Waals surface area (Å²) in [6, 6.07) is 12.8. The van der Waals surface area contributed by atoms with E-state index < -0.39 is 0 Å². The number of halogens is 1. The van der Waals surface area contributed by atoms with Gasteiger partial charge in [-0.2, -0.15) is 0 Å². The molecule has 2 rings (SSSR count). The van der Waals surface area contributed by atoms with E-state index in [4.69, 9.17) is 5.73 Å². The lowest BCUT2D eigenvalue weighted by molar-refractivity contribution is 0.602. The molecule has 2 aromatic carbocycles. The fourth-order valence-electron chi connectivity index (χ4n) is 1.60. The van der Waals surface area contributed by atoms with Crippen LogP contribution in [-0.4, -0.2) is 0 Å². The summed E-state index contributed by atoms with van der Waals surface area (Å²) in [7, 11) is 0. The Balaban J connectivity index is 2.28. The molecule has 0 aromatic heterocycles. The highest BCUT2D eigenvalue weighted by Gasteiger charge is 2.05. The third-order valence-electron chi connectivity index (χ3n) is 2.53. The second-order valence-electron chi connectivity index (χ2n) is 3.84. The molecule has 0 spiro atoms. The smallest absolute Gasteiger partial charge is 0.137 e. The maximum Gasteiger partial charge on any atom is 0.137 e. The average molecular weight is 247 g/mol. The van der Waals surface area contributed by atoms with Crippen LogP contribution in [0.2, 0.25) is 0 Å². The molecule has 88 valence electrons. The van der Waals surface area contributed by atoms with Crippen LogP contribution >= 0.6 is 11.8 Å². The molecular formula is C14H14FNS. The molecule has 0 aliphatic rings. The maximum atomic E-state index is 13.5. The molecule has 0 atom stereocenters. The Morgan fingerprint density at radius 2 is 1.88 bits per heavy atom. The van der Waals surface area contributed by atoms with Crippen LogP contribution in [0.25, 0.3) is 0 Å². The number of benzene rings is 2. The Kier molecular flexibility index (Phi) is 3.82. The summed E-state index contributed by atoms with van der Waals surface area (Å²) >= 11 is 1.44. The van der Waals surface area contributed by atoms with Crippen LogP contribution in [0.1, 0.15) is 11.1 Å². The Morgan fingerprint density at radius 3 is 2.53 bits per heavy atom. The van der Waals surface area contributed by atoms with Crippen molar-refractivity contribution < 1.29 is 4.39 Å². The van der Waals surface area contributed by atoms with Crippen LogP contribution in [0.3, 0.4) is 0 Å². The lowest BCUT2D eigenvalue weighted by Crippen LogP contribution is -1.96.